The van der Waals surface area contributed by atoms with Crippen LogP contribution < -0.4 is 10.6 Å². The molecule has 1 unspecified atom stereocenters. The highest BCUT2D eigenvalue weighted by atomic mass is 16.1. The number of nitrogens with one attached hydrogen (secondary N) is 2. The molecule has 100 valence electrons. The molecular weight excluding hydrogens is 214 g/mol. The van der Waals surface area contributed by atoms with Crippen LogP contribution in [0.3, 0.4) is 0 Å². The van der Waals surface area contributed by atoms with E-state index in [1.54, 1.807) is 0 Å². The Morgan fingerprint density at radius 3 is 2.82 bits per heavy atom. The average Bonchev–Trinajstić information content (AvgIpc) is 2.79. The summed E-state index contributed by atoms with van der Waals surface area (Å²) in [6.45, 7) is 9.12. The minimum absolute atomic E-state index is 0.174. The zero-order valence-electron chi connectivity index (χ0n) is 11.3. The van der Waals surface area contributed by atoms with Gasteiger partial charge in [-0.2, -0.15) is 0 Å². The molecule has 1 atom stereocenters. The normalized spacial score (nSPS) is 19.8. The maximum absolute atomic E-state index is 11.4. The predicted octanol–water partition coefficient (Wildman–Crippen LogP) is 0.977. The van der Waals surface area contributed by atoms with Crippen molar-refractivity contribution in [2.45, 2.75) is 45.6 Å². The fourth-order valence-electron chi connectivity index (χ4n) is 2.38. The van der Waals surface area contributed by atoms with E-state index in [0.29, 0.717) is 12.5 Å². The van der Waals surface area contributed by atoms with Gasteiger partial charge in [-0.3, -0.25) is 4.79 Å². The largest absolute Gasteiger partial charge is 0.356 e. The summed E-state index contributed by atoms with van der Waals surface area (Å²) >= 11 is 0. The van der Waals surface area contributed by atoms with Crippen LogP contribution >= 0.6 is 0 Å². The Bertz CT molecular complexity index is 215. The Morgan fingerprint density at radius 1 is 1.41 bits per heavy atom. The van der Waals surface area contributed by atoms with Crippen LogP contribution in [0.4, 0.5) is 0 Å². The molecule has 4 nitrogen and oxygen atoms in total. The van der Waals surface area contributed by atoms with Gasteiger partial charge in [0.15, 0.2) is 0 Å². The van der Waals surface area contributed by atoms with Gasteiger partial charge in [0.25, 0.3) is 0 Å². The third-order valence-electron chi connectivity index (χ3n) is 3.21. The van der Waals surface area contributed by atoms with Gasteiger partial charge in [-0.1, -0.05) is 6.92 Å². The van der Waals surface area contributed by atoms with Gasteiger partial charge >= 0.3 is 0 Å². The van der Waals surface area contributed by atoms with Gasteiger partial charge in [-0.05, 0) is 39.3 Å². The SMILES string of the molecule is CCCN(CCC(=O)NCC)CC1CCCN1. The minimum Gasteiger partial charge on any atom is -0.356 e. The smallest absolute Gasteiger partial charge is 0.221 e. The predicted molar refractivity (Wildman–Crippen MR) is 71.1 cm³/mol. The van der Waals surface area contributed by atoms with Crippen molar-refractivity contribution in [2.75, 3.05) is 32.7 Å². The topological polar surface area (TPSA) is 44.4 Å². The lowest BCUT2D eigenvalue weighted by molar-refractivity contribution is -0.121. The number of hydrogen-bond acceptors (Lipinski definition) is 3. The number of carbonyl (C=O) groups excluding carboxylic acids is 1. The van der Waals surface area contributed by atoms with Gasteiger partial charge in [0, 0.05) is 32.1 Å². The molecule has 1 heterocycles. The molecule has 4 heteroatoms. The Balaban J connectivity index is 2.24. The second-order valence-corrected chi connectivity index (χ2v) is 4.80. The summed E-state index contributed by atoms with van der Waals surface area (Å²) < 4.78 is 0. The lowest BCUT2D eigenvalue weighted by Crippen LogP contribution is -2.39. The number of amides is 1. The summed E-state index contributed by atoms with van der Waals surface area (Å²) in [5, 5.41) is 6.37. The van der Waals surface area contributed by atoms with Crippen molar-refractivity contribution in [2.24, 2.45) is 0 Å². The second kappa shape index (κ2) is 8.48. The van der Waals surface area contributed by atoms with E-state index in [0.717, 1.165) is 39.1 Å². The standard InChI is InChI=1S/C13H27N3O/c1-3-9-16(10-7-13(17)14-4-2)11-12-6-5-8-15-12/h12,15H,3-11H2,1-2H3,(H,14,17). The highest BCUT2D eigenvalue weighted by Crippen LogP contribution is 2.07. The van der Waals surface area contributed by atoms with Crippen molar-refractivity contribution >= 4 is 5.91 Å². The van der Waals surface area contributed by atoms with E-state index in [1.807, 2.05) is 6.92 Å². The molecule has 0 aliphatic carbocycles. The first-order valence-electron chi connectivity index (χ1n) is 6.98. The molecule has 2 N–H and O–H groups in total. The molecule has 0 aromatic carbocycles. The van der Waals surface area contributed by atoms with Crippen LogP contribution in [0, 0.1) is 0 Å². The fourth-order valence-corrected chi connectivity index (χ4v) is 2.38. The lowest BCUT2D eigenvalue weighted by atomic mass is 10.2. The van der Waals surface area contributed by atoms with Crippen molar-refractivity contribution in [1.82, 2.24) is 15.5 Å². The van der Waals surface area contributed by atoms with E-state index < -0.39 is 0 Å². The van der Waals surface area contributed by atoms with Crippen LogP contribution in [-0.2, 0) is 4.79 Å². The summed E-state index contributed by atoms with van der Waals surface area (Å²) in [7, 11) is 0. The molecule has 0 bridgehead atoms. The number of nitrogens with zero attached hydrogens (tertiary/aromatic N) is 1. The third kappa shape index (κ3) is 6.03. The Hall–Kier alpha value is -0.610. The Kier molecular flexibility index (Phi) is 7.21. The maximum atomic E-state index is 11.4. The molecule has 0 saturated carbocycles. The van der Waals surface area contributed by atoms with Crippen LogP contribution in [-0.4, -0.2) is 49.6 Å². The van der Waals surface area contributed by atoms with Crippen molar-refractivity contribution < 1.29 is 4.79 Å². The first-order chi connectivity index (χ1) is 8.26. The third-order valence-corrected chi connectivity index (χ3v) is 3.21. The fraction of sp³-hybridized carbons (Fsp3) is 0.923. The zero-order valence-corrected chi connectivity index (χ0v) is 11.3. The lowest BCUT2D eigenvalue weighted by Gasteiger charge is -2.24. The first-order valence-corrected chi connectivity index (χ1v) is 6.98. The first kappa shape index (κ1) is 14.5. The van der Waals surface area contributed by atoms with Crippen LogP contribution in [0.2, 0.25) is 0 Å². The highest BCUT2D eigenvalue weighted by molar-refractivity contribution is 5.75. The summed E-state index contributed by atoms with van der Waals surface area (Å²) in [5.74, 6) is 0.174. The summed E-state index contributed by atoms with van der Waals surface area (Å²) in [5.41, 5.74) is 0. The molecule has 1 rings (SSSR count). The number of rotatable bonds is 8. The van der Waals surface area contributed by atoms with Gasteiger partial charge < -0.3 is 15.5 Å². The van der Waals surface area contributed by atoms with Crippen molar-refractivity contribution in [3.63, 3.8) is 0 Å². The molecule has 0 radical (unpaired) electrons. The summed E-state index contributed by atoms with van der Waals surface area (Å²) in [6, 6.07) is 0.635. The monoisotopic (exact) mass is 241 g/mol. The van der Waals surface area contributed by atoms with Gasteiger partial charge in [0.1, 0.15) is 0 Å². The van der Waals surface area contributed by atoms with Crippen molar-refractivity contribution in [3.8, 4) is 0 Å². The van der Waals surface area contributed by atoms with Crippen LogP contribution in [0.5, 0.6) is 0 Å². The Morgan fingerprint density at radius 2 is 2.24 bits per heavy atom. The molecule has 1 fully saturated rings. The van der Waals surface area contributed by atoms with E-state index in [-0.39, 0.29) is 5.91 Å². The van der Waals surface area contributed by atoms with Crippen molar-refractivity contribution in [3.05, 3.63) is 0 Å². The molecule has 1 amide bonds. The van der Waals surface area contributed by atoms with E-state index in [1.165, 1.54) is 12.8 Å². The minimum atomic E-state index is 0.174. The second-order valence-electron chi connectivity index (χ2n) is 4.80. The number of hydrogen-bond donors (Lipinski definition) is 2. The molecule has 0 spiro atoms. The van der Waals surface area contributed by atoms with E-state index in [9.17, 15) is 4.79 Å². The van der Waals surface area contributed by atoms with Crippen LogP contribution in [0.1, 0.15) is 39.5 Å². The average molecular weight is 241 g/mol. The molecule has 0 aromatic rings. The van der Waals surface area contributed by atoms with Gasteiger partial charge in [-0.25, -0.2) is 0 Å². The molecular formula is C13H27N3O. The van der Waals surface area contributed by atoms with E-state index in [2.05, 4.69) is 22.5 Å². The van der Waals surface area contributed by atoms with Crippen LogP contribution in [0.25, 0.3) is 0 Å². The number of carbonyl (C=O) groups is 1. The molecule has 1 aliphatic heterocycles. The molecule has 17 heavy (non-hydrogen) atoms. The highest BCUT2D eigenvalue weighted by Gasteiger charge is 2.17. The van der Waals surface area contributed by atoms with Crippen LogP contribution in [0.15, 0.2) is 0 Å². The van der Waals surface area contributed by atoms with E-state index >= 15 is 0 Å². The van der Waals surface area contributed by atoms with Gasteiger partial charge in [0.05, 0.1) is 0 Å². The molecule has 1 aliphatic rings. The molecule has 1 saturated heterocycles. The zero-order chi connectivity index (χ0) is 12.5. The maximum Gasteiger partial charge on any atom is 0.221 e. The van der Waals surface area contributed by atoms with Gasteiger partial charge in [-0.15, -0.1) is 0 Å². The van der Waals surface area contributed by atoms with Crippen molar-refractivity contribution in [1.29, 1.82) is 0 Å². The Labute approximate surface area is 105 Å². The summed E-state index contributed by atoms with van der Waals surface area (Å²) in [6.07, 6.45) is 4.35. The summed E-state index contributed by atoms with van der Waals surface area (Å²) in [4.78, 5) is 13.9. The van der Waals surface area contributed by atoms with E-state index in [4.69, 9.17) is 0 Å². The van der Waals surface area contributed by atoms with Gasteiger partial charge in [0.2, 0.25) is 5.91 Å². The quantitative estimate of drug-likeness (QED) is 0.666. The molecule has 0 aromatic heterocycles.